The average Bonchev–Trinajstić information content (AvgIpc) is 2.65. The molecule has 0 radical (unpaired) electrons. The zero-order valence-electron chi connectivity index (χ0n) is 10.8. The number of aryl methyl sites for hydroxylation is 2. The lowest BCUT2D eigenvalue weighted by molar-refractivity contribution is -0.116. The van der Waals surface area contributed by atoms with Crippen molar-refractivity contribution in [2.24, 2.45) is 11.0 Å². The van der Waals surface area contributed by atoms with Crippen molar-refractivity contribution in [1.82, 2.24) is 0 Å². The first kappa shape index (κ1) is 11.8. The van der Waals surface area contributed by atoms with E-state index < -0.39 is 0 Å². The standard InChI is InChI=1S/C14H18N2O/c1-9(2)13-8-14(17)16(15-13)12-6-5-10(3)11(4)7-12/h5-7,9H,8H2,1-4H3. The highest BCUT2D eigenvalue weighted by atomic mass is 16.2. The fourth-order valence-corrected chi connectivity index (χ4v) is 1.83. The Bertz CT molecular complexity index is 489. The molecule has 0 spiro atoms. The van der Waals surface area contributed by atoms with Crippen LogP contribution in [0.25, 0.3) is 0 Å². The SMILES string of the molecule is Cc1ccc(N2N=C(C(C)C)CC2=O)cc1C. The van der Waals surface area contributed by atoms with Crippen LogP contribution in [0.5, 0.6) is 0 Å². The van der Waals surface area contributed by atoms with Gasteiger partial charge in [0.15, 0.2) is 0 Å². The van der Waals surface area contributed by atoms with Crippen LogP contribution in [0.15, 0.2) is 23.3 Å². The molecule has 0 fully saturated rings. The molecule has 1 amide bonds. The van der Waals surface area contributed by atoms with Gasteiger partial charge in [-0.1, -0.05) is 19.9 Å². The number of benzene rings is 1. The third kappa shape index (κ3) is 2.23. The van der Waals surface area contributed by atoms with Crippen molar-refractivity contribution in [1.29, 1.82) is 0 Å². The van der Waals surface area contributed by atoms with Gasteiger partial charge in [0, 0.05) is 0 Å². The smallest absolute Gasteiger partial charge is 0.253 e. The Balaban J connectivity index is 2.34. The molecule has 90 valence electrons. The van der Waals surface area contributed by atoms with E-state index >= 15 is 0 Å². The van der Waals surface area contributed by atoms with Gasteiger partial charge in [0.1, 0.15) is 0 Å². The van der Waals surface area contributed by atoms with Crippen LogP contribution in [-0.4, -0.2) is 11.6 Å². The van der Waals surface area contributed by atoms with E-state index in [4.69, 9.17) is 0 Å². The molecule has 0 unspecified atom stereocenters. The number of hydrogen-bond donors (Lipinski definition) is 0. The maximum atomic E-state index is 11.9. The van der Waals surface area contributed by atoms with E-state index in [-0.39, 0.29) is 5.91 Å². The molecule has 1 aromatic rings. The summed E-state index contributed by atoms with van der Waals surface area (Å²) < 4.78 is 0. The van der Waals surface area contributed by atoms with Crippen LogP contribution in [0.2, 0.25) is 0 Å². The van der Waals surface area contributed by atoms with Crippen molar-refractivity contribution >= 4 is 17.3 Å². The Morgan fingerprint density at radius 2 is 1.94 bits per heavy atom. The van der Waals surface area contributed by atoms with Gasteiger partial charge < -0.3 is 0 Å². The number of hydrogen-bond acceptors (Lipinski definition) is 2. The van der Waals surface area contributed by atoms with Crippen LogP contribution < -0.4 is 5.01 Å². The number of amides is 1. The van der Waals surface area contributed by atoms with Gasteiger partial charge in [-0.05, 0) is 43.0 Å². The van der Waals surface area contributed by atoms with Crippen LogP contribution in [-0.2, 0) is 4.79 Å². The normalized spacial score (nSPS) is 15.7. The second kappa shape index (κ2) is 4.32. The number of carbonyl (C=O) groups excluding carboxylic acids is 1. The van der Waals surface area contributed by atoms with Crippen molar-refractivity contribution in [3.8, 4) is 0 Å². The minimum Gasteiger partial charge on any atom is -0.272 e. The molecule has 17 heavy (non-hydrogen) atoms. The predicted molar refractivity (Wildman–Crippen MR) is 70.3 cm³/mol. The lowest BCUT2D eigenvalue weighted by Crippen LogP contribution is -2.19. The van der Waals surface area contributed by atoms with E-state index in [1.807, 2.05) is 25.1 Å². The van der Waals surface area contributed by atoms with E-state index in [0.717, 1.165) is 11.4 Å². The predicted octanol–water partition coefficient (Wildman–Crippen LogP) is 3.05. The molecule has 0 saturated heterocycles. The van der Waals surface area contributed by atoms with Crippen molar-refractivity contribution in [3.63, 3.8) is 0 Å². The summed E-state index contributed by atoms with van der Waals surface area (Å²) in [6.45, 7) is 8.24. The van der Waals surface area contributed by atoms with Crippen LogP contribution >= 0.6 is 0 Å². The molecule has 3 heteroatoms. The molecular weight excluding hydrogens is 212 g/mol. The molecule has 0 N–H and O–H groups in total. The summed E-state index contributed by atoms with van der Waals surface area (Å²) in [5.74, 6) is 0.396. The number of hydrazone groups is 1. The Morgan fingerprint density at radius 1 is 1.24 bits per heavy atom. The molecule has 0 aromatic heterocycles. The van der Waals surface area contributed by atoms with Gasteiger partial charge in [-0.15, -0.1) is 0 Å². The average molecular weight is 230 g/mol. The molecule has 1 heterocycles. The summed E-state index contributed by atoms with van der Waals surface area (Å²) in [7, 11) is 0. The van der Waals surface area contributed by atoms with Crippen LogP contribution in [0.1, 0.15) is 31.4 Å². The monoisotopic (exact) mass is 230 g/mol. The Kier molecular flexibility index (Phi) is 3.01. The highest BCUT2D eigenvalue weighted by Gasteiger charge is 2.26. The molecular formula is C14H18N2O. The summed E-state index contributed by atoms with van der Waals surface area (Å²) in [6.07, 6.45) is 0.449. The third-order valence-corrected chi connectivity index (χ3v) is 3.20. The zero-order chi connectivity index (χ0) is 12.6. The molecule has 1 aromatic carbocycles. The lowest BCUT2D eigenvalue weighted by Gasteiger charge is -2.13. The first-order valence-electron chi connectivity index (χ1n) is 5.96. The van der Waals surface area contributed by atoms with Crippen LogP contribution in [0.3, 0.4) is 0 Å². The molecule has 1 aliphatic rings. The van der Waals surface area contributed by atoms with Crippen molar-refractivity contribution in [3.05, 3.63) is 29.3 Å². The van der Waals surface area contributed by atoms with Gasteiger partial charge in [-0.3, -0.25) is 4.79 Å². The van der Waals surface area contributed by atoms with Gasteiger partial charge in [0.25, 0.3) is 5.91 Å². The molecule has 0 bridgehead atoms. The molecule has 3 nitrogen and oxygen atoms in total. The number of rotatable bonds is 2. The van der Waals surface area contributed by atoms with Gasteiger partial charge in [-0.25, -0.2) is 5.01 Å². The van der Waals surface area contributed by atoms with E-state index in [1.54, 1.807) is 0 Å². The molecule has 2 rings (SSSR count). The zero-order valence-corrected chi connectivity index (χ0v) is 10.8. The second-order valence-corrected chi connectivity index (χ2v) is 4.90. The molecule has 0 aliphatic carbocycles. The van der Waals surface area contributed by atoms with Gasteiger partial charge in [-0.2, -0.15) is 5.10 Å². The second-order valence-electron chi connectivity index (χ2n) is 4.90. The van der Waals surface area contributed by atoms with Gasteiger partial charge in [0.05, 0.1) is 17.8 Å². The highest BCUT2D eigenvalue weighted by Crippen LogP contribution is 2.24. The quantitative estimate of drug-likeness (QED) is 0.768. The number of carbonyl (C=O) groups is 1. The molecule has 1 aliphatic heterocycles. The fraction of sp³-hybridized carbons (Fsp3) is 0.429. The van der Waals surface area contributed by atoms with Crippen LogP contribution in [0.4, 0.5) is 5.69 Å². The number of anilines is 1. The first-order valence-corrected chi connectivity index (χ1v) is 5.96. The largest absolute Gasteiger partial charge is 0.272 e. The lowest BCUT2D eigenvalue weighted by atomic mass is 10.1. The maximum absolute atomic E-state index is 11.9. The Morgan fingerprint density at radius 3 is 2.47 bits per heavy atom. The van der Waals surface area contributed by atoms with E-state index in [0.29, 0.717) is 12.3 Å². The highest BCUT2D eigenvalue weighted by molar-refractivity contribution is 6.13. The summed E-state index contributed by atoms with van der Waals surface area (Å²) in [5.41, 5.74) is 4.25. The van der Waals surface area contributed by atoms with Crippen molar-refractivity contribution < 1.29 is 4.79 Å². The molecule has 0 atom stereocenters. The maximum Gasteiger partial charge on any atom is 0.253 e. The Hall–Kier alpha value is -1.64. The first-order chi connectivity index (χ1) is 7.99. The summed E-state index contributed by atoms with van der Waals surface area (Å²) in [6, 6.07) is 5.99. The van der Waals surface area contributed by atoms with E-state index in [2.05, 4.69) is 25.9 Å². The van der Waals surface area contributed by atoms with E-state index in [1.165, 1.54) is 16.1 Å². The minimum absolute atomic E-state index is 0.0666. The fourth-order valence-electron chi connectivity index (χ4n) is 1.83. The number of nitrogens with zero attached hydrogens (tertiary/aromatic N) is 2. The van der Waals surface area contributed by atoms with E-state index in [9.17, 15) is 4.79 Å². The van der Waals surface area contributed by atoms with Crippen molar-refractivity contribution in [2.75, 3.05) is 5.01 Å². The third-order valence-electron chi connectivity index (χ3n) is 3.20. The Labute approximate surface area is 102 Å². The van der Waals surface area contributed by atoms with Gasteiger partial charge >= 0.3 is 0 Å². The van der Waals surface area contributed by atoms with Crippen LogP contribution in [0, 0.1) is 19.8 Å². The van der Waals surface area contributed by atoms with Crippen molar-refractivity contribution in [2.45, 2.75) is 34.1 Å². The topological polar surface area (TPSA) is 32.7 Å². The molecule has 0 saturated carbocycles. The summed E-state index contributed by atoms with van der Waals surface area (Å²) in [5, 5.41) is 5.94. The van der Waals surface area contributed by atoms with Gasteiger partial charge in [0.2, 0.25) is 0 Å². The minimum atomic E-state index is 0.0666. The summed E-state index contributed by atoms with van der Waals surface area (Å²) >= 11 is 0. The summed E-state index contributed by atoms with van der Waals surface area (Å²) in [4.78, 5) is 11.9.